The van der Waals surface area contributed by atoms with Crippen LogP contribution in [0, 0.1) is 34.5 Å². The van der Waals surface area contributed by atoms with Crippen molar-refractivity contribution in [3.8, 4) is 0 Å². The Morgan fingerprint density at radius 3 is 2.41 bits per heavy atom. The normalized spacial score (nSPS) is 43.6. The molecule has 4 rings (SSSR count). The van der Waals surface area contributed by atoms with Crippen LogP contribution in [-0.4, -0.2) is 32.9 Å². The van der Waals surface area contributed by atoms with Crippen LogP contribution in [0.2, 0.25) is 0 Å². The van der Waals surface area contributed by atoms with Gasteiger partial charge in [-0.3, -0.25) is 10.5 Å². The maximum atomic E-state index is 10.2. The summed E-state index contributed by atoms with van der Waals surface area (Å²) in [4.78, 5) is 9.91. The third-order valence-corrected chi connectivity index (χ3v) is 10.7. The largest absolute Gasteiger partial charge is 0.393 e. The van der Waals surface area contributed by atoms with Gasteiger partial charge in [-0.2, -0.15) is 0 Å². The van der Waals surface area contributed by atoms with Gasteiger partial charge >= 0.3 is 0 Å². The lowest BCUT2D eigenvalue weighted by Crippen LogP contribution is -2.53. The Morgan fingerprint density at radius 2 is 1.72 bits per heavy atom. The van der Waals surface area contributed by atoms with E-state index in [0.717, 1.165) is 57.3 Å². The lowest BCUT2D eigenvalue weighted by atomic mass is 9.46. The van der Waals surface area contributed by atoms with Gasteiger partial charge in [-0.25, -0.2) is 9.78 Å². The van der Waals surface area contributed by atoms with E-state index in [2.05, 4.69) is 31.7 Å². The molecule has 3 saturated carbocycles. The third kappa shape index (κ3) is 4.00. The van der Waals surface area contributed by atoms with Crippen LogP contribution in [0.25, 0.3) is 0 Å². The molecule has 0 aliphatic heterocycles. The van der Waals surface area contributed by atoms with Crippen LogP contribution < -0.4 is 0 Å². The van der Waals surface area contributed by atoms with Gasteiger partial charge in [0.2, 0.25) is 0 Å². The second-order valence-corrected chi connectivity index (χ2v) is 12.9. The zero-order chi connectivity index (χ0) is 23.4. The summed E-state index contributed by atoms with van der Waals surface area (Å²) in [5.41, 5.74) is 0.807. The summed E-state index contributed by atoms with van der Waals surface area (Å²) in [5, 5.41) is 29.4. The van der Waals surface area contributed by atoms with Gasteiger partial charge in [0, 0.05) is 0 Å². The molecular weight excluding hydrogens is 404 g/mol. The molecule has 0 heterocycles. The van der Waals surface area contributed by atoms with Crippen molar-refractivity contribution in [3.05, 3.63) is 11.6 Å². The first-order valence-electron chi connectivity index (χ1n) is 13.0. The number of rotatable bonds is 7. The first-order chi connectivity index (χ1) is 15.0. The maximum Gasteiger partial charge on any atom is 0.104 e. The van der Waals surface area contributed by atoms with Crippen LogP contribution in [0.5, 0.6) is 0 Å². The monoisotopic (exact) mass is 450 g/mol. The minimum atomic E-state index is -0.578. The molecule has 3 fully saturated rings. The van der Waals surface area contributed by atoms with Gasteiger partial charge in [0.25, 0.3) is 0 Å². The lowest BCUT2D eigenvalue weighted by molar-refractivity contribution is -0.345. The van der Waals surface area contributed by atoms with Crippen molar-refractivity contribution in [1.29, 1.82) is 0 Å². The summed E-state index contributed by atoms with van der Waals surface area (Å²) in [7, 11) is 0. The molecule has 3 N–H and O–H groups in total. The summed E-state index contributed by atoms with van der Waals surface area (Å²) < 4.78 is 0. The van der Waals surface area contributed by atoms with E-state index in [4.69, 9.17) is 10.1 Å². The molecule has 0 amide bonds. The van der Waals surface area contributed by atoms with Gasteiger partial charge in [0.15, 0.2) is 0 Å². The van der Waals surface area contributed by atoms with E-state index in [-0.39, 0.29) is 16.9 Å². The van der Waals surface area contributed by atoms with Crippen LogP contribution in [-0.2, 0) is 9.78 Å². The second kappa shape index (κ2) is 8.64. The molecule has 4 aliphatic rings. The number of fused-ring (bicyclic) bond motifs is 5. The molecule has 1 unspecified atom stereocenters. The Balaban J connectivity index is 1.52. The van der Waals surface area contributed by atoms with Crippen molar-refractivity contribution in [3.63, 3.8) is 0 Å². The van der Waals surface area contributed by atoms with Crippen LogP contribution in [0.4, 0.5) is 0 Å². The van der Waals surface area contributed by atoms with E-state index in [1.54, 1.807) is 0 Å². The minimum Gasteiger partial charge on any atom is -0.393 e. The molecule has 32 heavy (non-hydrogen) atoms. The van der Waals surface area contributed by atoms with E-state index >= 15 is 0 Å². The smallest absolute Gasteiger partial charge is 0.104 e. The second-order valence-electron chi connectivity index (χ2n) is 12.9. The van der Waals surface area contributed by atoms with Gasteiger partial charge in [-0.15, -0.1) is 0 Å². The molecule has 0 aromatic rings. The van der Waals surface area contributed by atoms with E-state index in [0.29, 0.717) is 17.8 Å². The third-order valence-electron chi connectivity index (χ3n) is 10.7. The number of hydrogen-bond acceptors (Lipinski definition) is 5. The Kier molecular flexibility index (Phi) is 6.66. The van der Waals surface area contributed by atoms with Gasteiger partial charge < -0.3 is 5.11 Å². The van der Waals surface area contributed by atoms with E-state index < -0.39 is 11.2 Å². The first kappa shape index (κ1) is 24.7. The van der Waals surface area contributed by atoms with Gasteiger partial charge in [-0.05, 0) is 126 Å². The summed E-state index contributed by atoms with van der Waals surface area (Å²) in [6.07, 6.45) is 13.5. The van der Waals surface area contributed by atoms with Crippen LogP contribution in [0.1, 0.15) is 105 Å². The predicted octanol–water partition coefficient (Wildman–Crippen LogP) is 6.61. The molecule has 0 saturated heterocycles. The molecule has 0 bridgehead atoms. The SMILES string of the molecule is CC(C)(CCC[C@](C)(OO)[C@H]1CC[C@H]2[C@@H]3CC=C4CC(O)CC[C@]4(C)[C@H]3CC[C@@]21C)OO. The molecule has 184 valence electrons. The Hall–Kier alpha value is -0.460. The zero-order valence-corrected chi connectivity index (χ0v) is 20.9. The van der Waals surface area contributed by atoms with Gasteiger partial charge in [-0.1, -0.05) is 25.5 Å². The Labute approximate surface area is 194 Å². The van der Waals surface area contributed by atoms with Crippen LogP contribution >= 0.6 is 0 Å². The fourth-order valence-corrected chi connectivity index (χ4v) is 8.84. The summed E-state index contributed by atoms with van der Waals surface area (Å²) in [6, 6.07) is 0. The number of aliphatic hydroxyl groups is 1. The van der Waals surface area contributed by atoms with E-state index in [1.807, 2.05) is 13.8 Å². The quantitative estimate of drug-likeness (QED) is 0.231. The standard InChI is InChI=1S/C27H46O5/c1-24(2,31-29)13-6-14-27(5,32-30)23-10-9-21-20-8-7-18-17-19(28)11-15-25(18,3)22(20)12-16-26(21,23)4/h7,19-23,28-30H,6,8-17H2,1-5H3/t19?,20-,21-,22-,23-,25-,26-,27-/m0/s1. The van der Waals surface area contributed by atoms with E-state index in [9.17, 15) is 10.4 Å². The van der Waals surface area contributed by atoms with Crippen molar-refractivity contribution < 1.29 is 25.4 Å². The zero-order valence-electron chi connectivity index (χ0n) is 20.9. The molecule has 0 aromatic heterocycles. The highest BCUT2D eigenvalue weighted by atomic mass is 17.1. The summed E-state index contributed by atoms with van der Waals surface area (Å²) in [5.74, 6) is 2.41. The average molecular weight is 451 g/mol. The number of allylic oxidation sites excluding steroid dienone is 1. The van der Waals surface area contributed by atoms with E-state index in [1.165, 1.54) is 24.8 Å². The molecule has 8 atom stereocenters. The summed E-state index contributed by atoms with van der Waals surface area (Å²) in [6.45, 7) is 10.8. The minimum absolute atomic E-state index is 0.154. The molecule has 4 aliphatic carbocycles. The highest BCUT2D eigenvalue weighted by Gasteiger charge is 2.61. The van der Waals surface area contributed by atoms with Gasteiger partial charge in [0.05, 0.1) is 11.7 Å². The molecule has 5 heteroatoms. The molecule has 0 spiro atoms. The van der Waals surface area contributed by atoms with Crippen LogP contribution in [0.15, 0.2) is 11.6 Å². The molecule has 0 aromatic carbocycles. The lowest BCUT2D eigenvalue weighted by Gasteiger charge is -2.59. The maximum absolute atomic E-state index is 10.2. The Bertz CT molecular complexity index is 719. The fourth-order valence-electron chi connectivity index (χ4n) is 8.84. The summed E-state index contributed by atoms with van der Waals surface area (Å²) >= 11 is 0. The Morgan fingerprint density at radius 1 is 0.969 bits per heavy atom. The highest BCUT2D eigenvalue weighted by molar-refractivity contribution is 5.25. The topological polar surface area (TPSA) is 79.2 Å². The van der Waals surface area contributed by atoms with Crippen molar-refractivity contribution in [2.24, 2.45) is 34.5 Å². The van der Waals surface area contributed by atoms with Crippen molar-refractivity contribution in [1.82, 2.24) is 0 Å². The van der Waals surface area contributed by atoms with Crippen molar-refractivity contribution >= 4 is 0 Å². The predicted molar refractivity (Wildman–Crippen MR) is 125 cm³/mol. The number of hydrogen-bond donors (Lipinski definition) is 3. The number of aliphatic hydroxyl groups excluding tert-OH is 1. The van der Waals surface area contributed by atoms with Crippen molar-refractivity contribution in [2.75, 3.05) is 0 Å². The first-order valence-corrected chi connectivity index (χ1v) is 13.0. The molecule has 0 radical (unpaired) electrons. The fraction of sp³-hybridized carbons (Fsp3) is 0.926. The van der Waals surface area contributed by atoms with Crippen LogP contribution in [0.3, 0.4) is 0 Å². The molecular formula is C27H46O5. The molecule has 5 nitrogen and oxygen atoms in total. The van der Waals surface area contributed by atoms with Crippen molar-refractivity contribution in [2.45, 2.75) is 123 Å². The average Bonchev–Trinajstić information content (AvgIpc) is 3.12. The van der Waals surface area contributed by atoms with Gasteiger partial charge in [0.1, 0.15) is 5.60 Å². The highest BCUT2D eigenvalue weighted by Crippen LogP contribution is 2.68.